The van der Waals surface area contributed by atoms with Gasteiger partial charge in [-0.1, -0.05) is 36.4 Å². The number of aromatic nitrogens is 1. The van der Waals surface area contributed by atoms with Crippen molar-refractivity contribution in [3.05, 3.63) is 87.5 Å². The molecule has 1 aliphatic rings. The number of nitrogens with zero attached hydrogens (tertiary/aromatic N) is 1. The van der Waals surface area contributed by atoms with Crippen molar-refractivity contribution >= 4 is 21.7 Å². The minimum absolute atomic E-state index is 0.0483. The number of fused-ring (bicyclic) bond motifs is 5. The van der Waals surface area contributed by atoms with E-state index in [0.717, 1.165) is 10.8 Å². The Morgan fingerprint density at radius 1 is 1.16 bits per heavy atom. The predicted octanol–water partition coefficient (Wildman–Crippen LogP) is 3.61. The molecule has 4 aromatic rings. The Kier molecular flexibility index (Phi) is 4.09. The van der Waals surface area contributed by atoms with E-state index in [2.05, 4.69) is 11.1 Å². The molecule has 5 rings (SSSR count). The highest BCUT2D eigenvalue weighted by Crippen LogP contribution is 2.45. The van der Waals surface area contributed by atoms with Gasteiger partial charge in [0.2, 0.25) is 5.88 Å². The van der Waals surface area contributed by atoms with Crippen LogP contribution in [-0.2, 0) is 0 Å². The number of phenolic OH excluding ortho intramolecular Hbond substituents is 1. The maximum absolute atomic E-state index is 13.3. The van der Waals surface area contributed by atoms with Gasteiger partial charge in [-0.2, -0.15) is 5.26 Å². The first kappa shape index (κ1) is 18.6. The molecule has 4 N–H and O–H groups in total. The lowest BCUT2D eigenvalue weighted by Crippen LogP contribution is -2.28. The molecule has 7 nitrogen and oxygen atoms in total. The third-order valence-corrected chi connectivity index (χ3v) is 5.61. The molecule has 2 heterocycles. The van der Waals surface area contributed by atoms with Crippen LogP contribution in [0.5, 0.6) is 17.2 Å². The highest BCUT2D eigenvalue weighted by Gasteiger charge is 2.35. The molecular weight excluding hydrogens is 394 g/mol. The number of nitrogens with two attached hydrogens (primary N) is 1. The van der Waals surface area contributed by atoms with Crippen LogP contribution in [0.15, 0.2) is 70.8 Å². The van der Waals surface area contributed by atoms with E-state index in [4.69, 9.17) is 15.2 Å². The second kappa shape index (κ2) is 6.82. The van der Waals surface area contributed by atoms with Crippen LogP contribution in [0.2, 0.25) is 0 Å². The van der Waals surface area contributed by atoms with E-state index < -0.39 is 5.92 Å². The average Bonchev–Trinajstić information content (AvgIpc) is 2.78. The lowest BCUT2D eigenvalue weighted by molar-refractivity contribution is 0.372. The van der Waals surface area contributed by atoms with Gasteiger partial charge in [0.15, 0.2) is 11.5 Å². The Labute approximate surface area is 176 Å². The zero-order valence-corrected chi connectivity index (χ0v) is 16.5. The van der Waals surface area contributed by atoms with Gasteiger partial charge in [0, 0.05) is 10.8 Å². The molecule has 152 valence electrons. The molecule has 3 aromatic carbocycles. The zero-order chi connectivity index (χ0) is 21.7. The summed E-state index contributed by atoms with van der Waals surface area (Å²) in [5.41, 5.74) is 7.35. The molecule has 0 amide bonds. The van der Waals surface area contributed by atoms with Gasteiger partial charge < -0.3 is 25.3 Å². The van der Waals surface area contributed by atoms with Crippen molar-refractivity contribution in [3.63, 3.8) is 0 Å². The molecule has 1 aromatic heterocycles. The van der Waals surface area contributed by atoms with E-state index in [1.54, 1.807) is 12.1 Å². The fraction of sp³-hybridized carbons (Fsp3) is 0.0833. The fourth-order valence-corrected chi connectivity index (χ4v) is 4.17. The van der Waals surface area contributed by atoms with Crippen LogP contribution in [0, 0.1) is 11.3 Å². The van der Waals surface area contributed by atoms with E-state index >= 15 is 0 Å². The number of hydrogen-bond acceptors (Lipinski definition) is 6. The lowest BCUT2D eigenvalue weighted by atomic mass is 9.83. The van der Waals surface area contributed by atoms with Crippen LogP contribution in [0.1, 0.15) is 17.0 Å². The molecule has 0 saturated heterocycles. The van der Waals surface area contributed by atoms with Crippen LogP contribution in [0.4, 0.5) is 0 Å². The molecule has 0 saturated carbocycles. The van der Waals surface area contributed by atoms with Crippen molar-refractivity contribution in [2.45, 2.75) is 5.92 Å². The summed E-state index contributed by atoms with van der Waals surface area (Å²) in [5.74, 6) is -0.342. The van der Waals surface area contributed by atoms with Gasteiger partial charge in [0.1, 0.15) is 17.4 Å². The highest BCUT2D eigenvalue weighted by molar-refractivity contribution is 6.07. The number of methoxy groups -OCH3 is 1. The number of pyridine rings is 1. The Hall–Kier alpha value is -4.44. The third-order valence-electron chi connectivity index (χ3n) is 5.61. The summed E-state index contributed by atoms with van der Waals surface area (Å²) >= 11 is 0. The summed E-state index contributed by atoms with van der Waals surface area (Å²) in [5, 5.41) is 22.3. The van der Waals surface area contributed by atoms with Gasteiger partial charge in [-0.25, -0.2) is 0 Å². The number of rotatable bonds is 2. The van der Waals surface area contributed by atoms with Gasteiger partial charge >= 0.3 is 0 Å². The highest BCUT2D eigenvalue weighted by atomic mass is 16.5. The Morgan fingerprint density at radius 2 is 1.97 bits per heavy atom. The number of nitriles is 1. The van der Waals surface area contributed by atoms with Gasteiger partial charge in [0.25, 0.3) is 5.56 Å². The largest absolute Gasteiger partial charge is 0.504 e. The minimum atomic E-state index is -0.775. The molecule has 1 aliphatic heterocycles. The second-order valence-electron chi connectivity index (χ2n) is 7.26. The van der Waals surface area contributed by atoms with Crippen LogP contribution >= 0.6 is 0 Å². The van der Waals surface area contributed by atoms with Crippen LogP contribution in [0.3, 0.4) is 0 Å². The zero-order valence-electron chi connectivity index (χ0n) is 16.5. The van der Waals surface area contributed by atoms with Crippen LogP contribution in [-0.4, -0.2) is 17.2 Å². The van der Waals surface area contributed by atoms with Crippen molar-refractivity contribution in [2.24, 2.45) is 5.73 Å². The van der Waals surface area contributed by atoms with Crippen LogP contribution in [0.25, 0.3) is 21.7 Å². The summed E-state index contributed by atoms with van der Waals surface area (Å²) in [4.78, 5) is 16.3. The molecule has 0 bridgehead atoms. The molecule has 7 heteroatoms. The first-order chi connectivity index (χ1) is 15.0. The molecule has 1 unspecified atom stereocenters. The summed E-state index contributed by atoms with van der Waals surface area (Å²) < 4.78 is 11.1. The summed E-state index contributed by atoms with van der Waals surface area (Å²) in [6, 6.07) is 18.3. The van der Waals surface area contributed by atoms with E-state index in [1.807, 2.05) is 36.4 Å². The Morgan fingerprint density at radius 3 is 2.74 bits per heavy atom. The molecule has 0 aliphatic carbocycles. The molecule has 31 heavy (non-hydrogen) atoms. The monoisotopic (exact) mass is 411 g/mol. The number of hydrogen-bond donors (Lipinski definition) is 3. The van der Waals surface area contributed by atoms with Gasteiger partial charge in [-0.3, -0.25) is 4.79 Å². The molecule has 1 atom stereocenters. The fourth-order valence-electron chi connectivity index (χ4n) is 4.17. The SMILES string of the molecule is COc1cc(C2C(C#N)=C(N)Oc3c2c(=O)[nH]c2c3ccc3ccccc32)ccc1O. The van der Waals surface area contributed by atoms with Crippen LogP contribution < -0.4 is 20.8 Å². The van der Waals surface area contributed by atoms with E-state index in [9.17, 15) is 15.2 Å². The standard InChI is InChI=1S/C24H17N3O4/c1-30-18-10-13(7-9-17(18)28)19-16(11-25)23(26)31-22-15-8-6-12-4-2-3-5-14(12)21(15)27-24(29)20(19)22/h2-10,19,28H,26H2,1H3,(H,27,29). The molecule has 0 fully saturated rings. The van der Waals surface area contributed by atoms with Gasteiger partial charge in [-0.05, 0) is 29.1 Å². The Bertz CT molecular complexity index is 1510. The van der Waals surface area contributed by atoms with Crippen molar-refractivity contribution < 1.29 is 14.6 Å². The number of allylic oxidation sites excluding steroid dienone is 1. The number of ether oxygens (including phenoxy) is 2. The van der Waals surface area contributed by atoms with Crippen molar-refractivity contribution in [1.29, 1.82) is 5.26 Å². The predicted molar refractivity (Wildman–Crippen MR) is 116 cm³/mol. The number of aromatic amines is 1. The number of nitrogens with one attached hydrogen (secondary N) is 1. The summed E-state index contributed by atoms with van der Waals surface area (Å²) in [6.45, 7) is 0. The second-order valence-corrected chi connectivity index (χ2v) is 7.26. The smallest absolute Gasteiger partial charge is 0.256 e. The van der Waals surface area contributed by atoms with Crippen molar-refractivity contribution in [1.82, 2.24) is 4.98 Å². The normalized spacial score (nSPS) is 15.4. The van der Waals surface area contributed by atoms with E-state index in [1.165, 1.54) is 13.2 Å². The van der Waals surface area contributed by atoms with Gasteiger partial charge in [-0.15, -0.1) is 0 Å². The average molecular weight is 411 g/mol. The van der Waals surface area contributed by atoms with Crippen molar-refractivity contribution in [2.75, 3.05) is 7.11 Å². The first-order valence-corrected chi connectivity index (χ1v) is 9.55. The first-order valence-electron chi connectivity index (χ1n) is 9.55. The number of phenols is 1. The summed E-state index contributed by atoms with van der Waals surface area (Å²) in [6.07, 6.45) is 0. The quantitative estimate of drug-likeness (QED) is 0.433. The molecular formula is C24H17N3O4. The Balaban J connectivity index is 1.86. The molecule has 0 radical (unpaired) electrons. The minimum Gasteiger partial charge on any atom is -0.504 e. The van der Waals surface area contributed by atoms with Gasteiger partial charge in [0.05, 0.1) is 24.1 Å². The molecule has 0 spiro atoms. The topological polar surface area (TPSA) is 121 Å². The number of H-pyrrole nitrogens is 1. The van der Waals surface area contributed by atoms with E-state index in [-0.39, 0.29) is 34.1 Å². The number of benzene rings is 3. The maximum Gasteiger partial charge on any atom is 0.256 e. The summed E-state index contributed by atoms with van der Waals surface area (Å²) in [7, 11) is 1.43. The lowest BCUT2D eigenvalue weighted by Gasteiger charge is -2.27. The maximum atomic E-state index is 13.3. The third kappa shape index (κ3) is 2.69. The van der Waals surface area contributed by atoms with Crippen molar-refractivity contribution in [3.8, 4) is 23.3 Å². The van der Waals surface area contributed by atoms with E-state index in [0.29, 0.717) is 22.2 Å². The number of aromatic hydroxyl groups is 1.